The number of carbonyl (C=O) groups is 1. The molecule has 1 amide bonds. The molecule has 6 heteroatoms. The monoisotopic (exact) mass is 416 g/mol. The Morgan fingerprint density at radius 3 is 2.50 bits per heavy atom. The number of aromatic nitrogens is 1. The van der Waals surface area contributed by atoms with Crippen molar-refractivity contribution >= 4 is 11.6 Å². The van der Waals surface area contributed by atoms with Gasteiger partial charge in [-0.1, -0.05) is 27.2 Å². The zero-order valence-electron chi connectivity index (χ0n) is 18.8. The number of piperazine rings is 1. The average molecular weight is 417 g/mol. The van der Waals surface area contributed by atoms with Gasteiger partial charge in [-0.15, -0.1) is 0 Å². The van der Waals surface area contributed by atoms with Crippen LogP contribution >= 0.6 is 0 Å². The largest absolute Gasteiger partial charge is 0.365 e. The molecule has 2 aliphatic carbocycles. The van der Waals surface area contributed by atoms with Crippen LogP contribution in [-0.2, 0) is 0 Å². The SMILES string of the molecule is CCC(C)(C)C1CCC(N2CCN(c3ccc(C(=O)NC4CCC4)nc3F)CC2)C1. The van der Waals surface area contributed by atoms with E-state index in [1.807, 2.05) is 0 Å². The zero-order chi connectivity index (χ0) is 21.3. The van der Waals surface area contributed by atoms with E-state index in [-0.39, 0.29) is 17.6 Å². The molecular formula is C24H37FN4O. The number of nitrogens with one attached hydrogen (secondary N) is 1. The first-order valence-electron chi connectivity index (χ1n) is 11.8. The molecule has 4 rings (SSSR count). The van der Waals surface area contributed by atoms with Crippen LogP contribution in [0.1, 0.15) is 76.2 Å². The molecule has 1 aromatic rings. The van der Waals surface area contributed by atoms with E-state index in [0.29, 0.717) is 17.1 Å². The van der Waals surface area contributed by atoms with Gasteiger partial charge in [0.25, 0.3) is 5.91 Å². The smallest absolute Gasteiger partial charge is 0.270 e. The molecule has 1 aliphatic heterocycles. The number of halogens is 1. The van der Waals surface area contributed by atoms with Gasteiger partial charge in [-0.3, -0.25) is 9.69 Å². The van der Waals surface area contributed by atoms with E-state index in [1.54, 1.807) is 12.1 Å². The van der Waals surface area contributed by atoms with Gasteiger partial charge in [0.15, 0.2) is 0 Å². The van der Waals surface area contributed by atoms with Gasteiger partial charge in [0.05, 0.1) is 5.69 Å². The first kappa shape index (κ1) is 21.5. The summed E-state index contributed by atoms with van der Waals surface area (Å²) in [6.07, 6.45) is 8.31. The zero-order valence-corrected chi connectivity index (χ0v) is 18.8. The van der Waals surface area contributed by atoms with Crippen molar-refractivity contribution in [1.29, 1.82) is 0 Å². The minimum absolute atomic E-state index is 0.178. The molecule has 5 nitrogen and oxygen atoms in total. The maximum atomic E-state index is 14.7. The first-order valence-corrected chi connectivity index (χ1v) is 11.8. The quantitative estimate of drug-likeness (QED) is 0.705. The Labute approximate surface area is 180 Å². The number of amides is 1. The second-order valence-corrected chi connectivity index (χ2v) is 10.1. The van der Waals surface area contributed by atoms with Crippen LogP contribution < -0.4 is 10.2 Å². The molecule has 1 N–H and O–H groups in total. The second-order valence-electron chi connectivity index (χ2n) is 10.1. The molecule has 30 heavy (non-hydrogen) atoms. The summed E-state index contributed by atoms with van der Waals surface area (Å²) >= 11 is 0. The van der Waals surface area contributed by atoms with Gasteiger partial charge in [0.2, 0.25) is 5.95 Å². The predicted octanol–water partition coefficient (Wildman–Crippen LogP) is 4.23. The summed E-state index contributed by atoms with van der Waals surface area (Å²) < 4.78 is 14.7. The van der Waals surface area contributed by atoms with Crippen molar-refractivity contribution in [2.24, 2.45) is 11.3 Å². The Bertz CT molecular complexity index is 756. The normalized spacial score (nSPS) is 25.9. The molecule has 3 aliphatic rings. The molecule has 1 saturated heterocycles. The molecule has 2 heterocycles. The Morgan fingerprint density at radius 2 is 1.90 bits per heavy atom. The molecule has 1 aromatic heterocycles. The predicted molar refractivity (Wildman–Crippen MR) is 118 cm³/mol. The van der Waals surface area contributed by atoms with Crippen molar-refractivity contribution in [3.63, 3.8) is 0 Å². The Hall–Kier alpha value is -1.69. The highest BCUT2D eigenvalue weighted by Gasteiger charge is 2.38. The number of nitrogens with zero attached hydrogens (tertiary/aromatic N) is 3. The van der Waals surface area contributed by atoms with E-state index >= 15 is 0 Å². The van der Waals surface area contributed by atoms with Crippen LogP contribution in [0.25, 0.3) is 0 Å². The molecule has 0 bridgehead atoms. The molecule has 166 valence electrons. The molecule has 2 atom stereocenters. The van der Waals surface area contributed by atoms with Crippen LogP contribution in [0.2, 0.25) is 0 Å². The van der Waals surface area contributed by atoms with Gasteiger partial charge in [-0.2, -0.15) is 4.39 Å². The van der Waals surface area contributed by atoms with Crippen molar-refractivity contribution in [2.45, 2.75) is 77.8 Å². The average Bonchev–Trinajstić information content (AvgIpc) is 3.22. The second kappa shape index (κ2) is 8.81. The van der Waals surface area contributed by atoms with E-state index in [1.165, 1.54) is 25.7 Å². The summed E-state index contributed by atoms with van der Waals surface area (Å²) in [5.74, 6) is 0.0156. The number of anilines is 1. The van der Waals surface area contributed by atoms with E-state index in [0.717, 1.165) is 51.4 Å². The van der Waals surface area contributed by atoms with Gasteiger partial charge in [-0.05, 0) is 62.0 Å². The first-order chi connectivity index (χ1) is 14.4. The summed E-state index contributed by atoms with van der Waals surface area (Å²) in [5.41, 5.74) is 1.13. The highest BCUT2D eigenvalue weighted by Crippen LogP contribution is 2.43. The molecular weight excluding hydrogens is 379 g/mol. The third-order valence-corrected chi connectivity index (χ3v) is 8.09. The van der Waals surface area contributed by atoms with Crippen LogP contribution in [-0.4, -0.2) is 54.1 Å². The topological polar surface area (TPSA) is 48.5 Å². The minimum Gasteiger partial charge on any atom is -0.365 e. The van der Waals surface area contributed by atoms with Crippen LogP contribution in [0.4, 0.5) is 10.1 Å². The lowest BCUT2D eigenvalue weighted by Crippen LogP contribution is -2.50. The van der Waals surface area contributed by atoms with E-state index in [9.17, 15) is 9.18 Å². The summed E-state index contributed by atoms with van der Waals surface area (Å²) in [7, 11) is 0. The lowest BCUT2D eigenvalue weighted by Gasteiger charge is -2.39. The summed E-state index contributed by atoms with van der Waals surface area (Å²) in [6.45, 7) is 10.7. The van der Waals surface area contributed by atoms with Crippen molar-refractivity contribution in [3.8, 4) is 0 Å². The molecule has 2 saturated carbocycles. The van der Waals surface area contributed by atoms with Crippen molar-refractivity contribution in [1.82, 2.24) is 15.2 Å². The lowest BCUT2D eigenvalue weighted by atomic mass is 9.76. The number of carbonyl (C=O) groups excluding carboxylic acids is 1. The number of pyridine rings is 1. The van der Waals surface area contributed by atoms with Crippen LogP contribution in [0.5, 0.6) is 0 Å². The fourth-order valence-corrected chi connectivity index (χ4v) is 5.22. The molecule has 0 radical (unpaired) electrons. The molecule has 0 spiro atoms. The van der Waals surface area contributed by atoms with Gasteiger partial charge >= 0.3 is 0 Å². The molecule has 3 fully saturated rings. The van der Waals surface area contributed by atoms with Crippen molar-refractivity contribution in [3.05, 3.63) is 23.8 Å². The van der Waals surface area contributed by atoms with Gasteiger partial charge in [-0.25, -0.2) is 4.98 Å². The maximum absolute atomic E-state index is 14.7. The Kier molecular flexibility index (Phi) is 6.33. The lowest BCUT2D eigenvalue weighted by molar-refractivity contribution is 0.0910. The fraction of sp³-hybridized carbons (Fsp3) is 0.750. The van der Waals surface area contributed by atoms with Crippen molar-refractivity contribution in [2.75, 3.05) is 31.1 Å². The van der Waals surface area contributed by atoms with Gasteiger partial charge in [0, 0.05) is 38.3 Å². The van der Waals surface area contributed by atoms with Crippen molar-refractivity contribution < 1.29 is 9.18 Å². The summed E-state index contributed by atoms with van der Waals surface area (Å²) in [6, 6.07) is 4.28. The minimum atomic E-state index is -0.532. The fourth-order valence-electron chi connectivity index (χ4n) is 5.22. The number of hydrogen-bond donors (Lipinski definition) is 1. The molecule has 2 unspecified atom stereocenters. The highest BCUT2D eigenvalue weighted by molar-refractivity contribution is 5.92. The summed E-state index contributed by atoms with van der Waals surface area (Å²) in [5, 5.41) is 2.93. The van der Waals surface area contributed by atoms with Gasteiger partial charge < -0.3 is 10.2 Å². The Balaban J connectivity index is 1.31. The molecule has 0 aromatic carbocycles. The third kappa shape index (κ3) is 4.48. The highest BCUT2D eigenvalue weighted by atomic mass is 19.1. The van der Waals surface area contributed by atoms with E-state index in [4.69, 9.17) is 0 Å². The Morgan fingerprint density at radius 1 is 1.17 bits per heavy atom. The number of hydrogen-bond acceptors (Lipinski definition) is 4. The summed E-state index contributed by atoms with van der Waals surface area (Å²) in [4.78, 5) is 20.9. The van der Waals surface area contributed by atoms with E-state index < -0.39 is 5.95 Å². The third-order valence-electron chi connectivity index (χ3n) is 8.09. The standard InChI is InChI=1S/C24H37FN4O/c1-4-24(2,3)17-8-9-19(16-17)28-12-14-29(15-13-28)21-11-10-20(27-22(21)25)23(30)26-18-6-5-7-18/h10-11,17-19H,4-9,12-16H2,1-3H3,(H,26,30). The van der Waals surface area contributed by atoms with Crippen LogP contribution in [0.3, 0.4) is 0 Å². The maximum Gasteiger partial charge on any atom is 0.270 e. The number of rotatable bonds is 6. The van der Waals surface area contributed by atoms with E-state index in [2.05, 4.69) is 40.9 Å². The van der Waals surface area contributed by atoms with Crippen LogP contribution in [0, 0.1) is 17.3 Å². The van der Waals surface area contributed by atoms with Crippen LogP contribution in [0.15, 0.2) is 12.1 Å². The van der Waals surface area contributed by atoms with Gasteiger partial charge in [0.1, 0.15) is 5.69 Å².